The highest BCUT2D eigenvalue weighted by Crippen LogP contribution is 2.16. The third kappa shape index (κ3) is 4.58. The van der Waals surface area contributed by atoms with Gasteiger partial charge in [-0.3, -0.25) is 4.79 Å². The fraction of sp³-hybridized carbons (Fsp3) is 0.263. The number of methoxy groups -OCH3 is 1. The maximum atomic E-state index is 12.1. The van der Waals surface area contributed by atoms with Crippen molar-refractivity contribution < 1.29 is 14.3 Å². The van der Waals surface area contributed by atoms with E-state index in [1.54, 1.807) is 13.3 Å². The number of nitrogens with zero attached hydrogens (tertiary/aromatic N) is 2. The van der Waals surface area contributed by atoms with Gasteiger partial charge in [-0.05, 0) is 54.1 Å². The Kier molecular flexibility index (Phi) is 5.64. The quantitative estimate of drug-likeness (QED) is 0.671. The van der Waals surface area contributed by atoms with Crippen LogP contribution in [0.2, 0.25) is 0 Å². The summed E-state index contributed by atoms with van der Waals surface area (Å²) >= 11 is 0. The molecule has 0 radical (unpaired) electrons. The van der Waals surface area contributed by atoms with Crippen molar-refractivity contribution >= 4 is 17.8 Å². The van der Waals surface area contributed by atoms with Crippen molar-refractivity contribution in [1.29, 1.82) is 0 Å². The maximum Gasteiger partial charge on any atom is 0.271 e. The molecule has 25 heavy (non-hydrogen) atoms. The predicted molar refractivity (Wildman–Crippen MR) is 97.5 cm³/mol. The average molecular weight is 339 g/mol. The summed E-state index contributed by atoms with van der Waals surface area (Å²) < 4.78 is 10.4. The summed E-state index contributed by atoms with van der Waals surface area (Å²) in [5.41, 5.74) is 5.09. The number of carbonyl (C=O) groups is 1. The van der Waals surface area contributed by atoms with Gasteiger partial charge < -0.3 is 14.4 Å². The summed E-state index contributed by atoms with van der Waals surface area (Å²) in [7, 11) is 1.62. The lowest BCUT2D eigenvalue weighted by molar-refractivity contribution is 0.0955. The molecule has 130 valence electrons. The summed E-state index contributed by atoms with van der Waals surface area (Å²) in [5, 5.41) is 3.99. The highest BCUT2D eigenvalue weighted by Gasteiger charge is 2.12. The number of hydrogen-bond donors (Lipinski definition) is 1. The molecule has 0 atom stereocenters. The van der Waals surface area contributed by atoms with Crippen LogP contribution in [0.5, 0.6) is 5.75 Å². The lowest BCUT2D eigenvalue weighted by atomic mass is 10.2. The monoisotopic (exact) mass is 339 g/mol. The Balaban J connectivity index is 1.56. The van der Waals surface area contributed by atoms with Gasteiger partial charge in [0.05, 0.1) is 26.5 Å². The molecule has 0 spiro atoms. The van der Waals surface area contributed by atoms with Crippen molar-refractivity contribution in [3.63, 3.8) is 0 Å². The van der Waals surface area contributed by atoms with Gasteiger partial charge in [0.25, 0.3) is 5.91 Å². The van der Waals surface area contributed by atoms with E-state index in [1.165, 1.54) is 0 Å². The first-order valence-electron chi connectivity index (χ1n) is 8.16. The molecule has 0 aliphatic carbocycles. The van der Waals surface area contributed by atoms with Gasteiger partial charge in [-0.25, -0.2) is 5.43 Å². The number of amides is 1. The largest absolute Gasteiger partial charge is 0.497 e. The normalized spacial score (nSPS) is 14.5. The van der Waals surface area contributed by atoms with Gasteiger partial charge >= 0.3 is 0 Å². The molecule has 0 saturated carbocycles. The number of benzene rings is 2. The van der Waals surface area contributed by atoms with Crippen molar-refractivity contribution in [2.24, 2.45) is 5.10 Å². The summed E-state index contributed by atoms with van der Waals surface area (Å²) in [5.74, 6) is 0.542. The van der Waals surface area contributed by atoms with Gasteiger partial charge in [-0.2, -0.15) is 5.10 Å². The van der Waals surface area contributed by atoms with Gasteiger partial charge in [0.1, 0.15) is 5.75 Å². The molecule has 1 fully saturated rings. The molecule has 1 heterocycles. The van der Waals surface area contributed by atoms with Crippen LogP contribution in [0, 0.1) is 0 Å². The number of carbonyl (C=O) groups excluding carboxylic acids is 1. The number of rotatable bonds is 5. The summed E-state index contributed by atoms with van der Waals surface area (Å²) in [6.07, 6.45) is 1.60. The topological polar surface area (TPSA) is 63.2 Å². The van der Waals surface area contributed by atoms with Crippen molar-refractivity contribution in [2.45, 2.75) is 0 Å². The van der Waals surface area contributed by atoms with Crippen molar-refractivity contribution in [1.82, 2.24) is 5.43 Å². The van der Waals surface area contributed by atoms with Gasteiger partial charge in [0.2, 0.25) is 0 Å². The second kappa shape index (κ2) is 8.30. The number of hydrazone groups is 1. The minimum atomic E-state index is -0.238. The molecule has 0 bridgehead atoms. The minimum Gasteiger partial charge on any atom is -0.497 e. The van der Waals surface area contributed by atoms with Gasteiger partial charge in [-0.1, -0.05) is 0 Å². The second-order valence-corrected chi connectivity index (χ2v) is 5.62. The van der Waals surface area contributed by atoms with Crippen LogP contribution < -0.4 is 15.1 Å². The zero-order valence-corrected chi connectivity index (χ0v) is 14.1. The number of morpholine rings is 1. The molecule has 6 heteroatoms. The predicted octanol–water partition coefficient (Wildman–Crippen LogP) is 2.30. The van der Waals surface area contributed by atoms with Crippen LogP contribution >= 0.6 is 0 Å². The zero-order valence-electron chi connectivity index (χ0n) is 14.1. The second-order valence-electron chi connectivity index (χ2n) is 5.62. The first-order chi connectivity index (χ1) is 12.3. The first kappa shape index (κ1) is 17.0. The SMILES string of the molecule is COc1ccc(/C=N/NC(=O)c2ccc(N3CCOCC3)cc2)cc1. The standard InChI is InChI=1S/C19H21N3O3/c1-24-18-8-2-15(3-9-18)14-20-21-19(23)16-4-6-17(7-5-16)22-10-12-25-13-11-22/h2-9,14H,10-13H2,1H3,(H,21,23)/b20-14+. The Bertz CT molecular complexity index is 721. The summed E-state index contributed by atoms with van der Waals surface area (Å²) in [6.45, 7) is 3.22. The van der Waals surface area contributed by atoms with E-state index in [4.69, 9.17) is 9.47 Å². The van der Waals surface area contributed by atoms with Crippen LogP contribution in [-0.2, 0) is 4.74 Å². The highest BCUT2D eigenvalue weighted by molar-refractivity contribution is 5.95. The first-order valence-corrected chi connectivity index (χ1v) is 8.16. The van der Waals surface area contributed by atoms with Crippen LogP contribution in [0.15, 0.2) is 53.6 Å². The number of hydrogen-bond acceptors (Lipinski definition) is 5. The molecule has 1 N–H and O–H groups in total. The Morgan fingerprint density at radius 1 is 1.12 bits per heavy atom. The van der Waals surface area contributed by atoms with E-state index in [1.807, 2.05) is 48.5 Å². The number of nitrogens with one attached hydrogen (secondary N) is 1. The van der Waals surface area contributed by atoms with Crippen LogP contribution in [0.3, 0.4) is 0 Å². The van der Waals surface area contributed by atoms with Gasteiger partial charge in [0.15, 0.2) is 0 Å². The van der Waals surface area contributed by atoms with Gasteiger partial charge in [0, 0.05) is 24.3 Å². The van der Waals surface area contributed by atoms with E-state index in [2.05, 4.69) is 15.4 Å². The van der Waals surface area contributed by atoms with Crippen molar-refractivity contribution in [3.05, 3.63) is 59.7 Å². The third-order valence-corrected chi connectivity index (χ3v) is 4.00. The molecule has 2 aromatic carbocycles. The van der Waals surface area contributed by atoms with E-state index < -0.39 is 0 Å². The smallest absolute Gasteiger partial charge is 0.271 e. The molecule has 1 amide bonds. The Morgan fingerprint density at radius 3 is 2.44 bits per heavy atom. The molecule has 2 aromatic rings. The van der Waals surface area contributed by atoms with Crippen LogP contribution in [0.4, 0.5) is 5.69 Å². The maximum absolute atomic E-state index is 12.1. The molecule has 1 saturated heterocycles. The molecule has 3 rings (SSSR count). The van der Waals surface area contributed by atoms with Crippen molar-refractivity contribution in [3.8, 4) is 5.75 Å². The molecule has 0 aromatic heterocycles. The fourth-order valence-corrected chi connectivity index (χ4v) is 2.57. The molecule has 0 unspecified atom stereocenters. The molecule has 1 aliphatic heterocycles. The van der Waals surface area contributed by atoms with Crippen molar-refractivity contribution in [2.75, 3.05) is 38.3 Å². The Labute approximate surface area is 147 Å². The lowest BCUT2D eigenvalue weighted by Crippen LogP contribution is -2.36. The lowest BCUT2D eigenvalue weighted by Gasteiger charge is -2.28. The van der Waals surface area contributed by atoms with E-state index in [0.29, 0.717) is 5.56 Å². The molecule has 6 nitrogen and oxygen atoms in total. The van der Waals surface area contributed by atoms with Crippen LogP contribution in [0.25, 0.3) is 0 Å². The van der Waals surface area contributed by atoms with E-state index >= 15 is 0 Å². The van der Waals surface area contributed by atoms with Gasteiger partial charge in [-0.15, -0.1) is 0 Å². The molecule has 1 aliphatic rings. The van der Waals surface area contributed by atoms with E-state index in [9.17, 15) is 4.79 Å². The number of anilines is 1. The summed E-state index contributed by atoms with van der Waals surface area (Å²) in [4.78, 5) is 14.4. The Hall–Kier alpha value is -2.86. The fourth-order valence-electron chi connectivity index (χ4n) is 2.57. The molecular formula is C19H21N3O3. The average Bonchev–Trinajstić information content (AvgIpc) is 2.69. The molecular weight excluding hydrogens is 318 g/mol. The van der Waals surface area contributed by atoms with Crippen LogP contribution in [0.1, 0.15) is 15.9 Å². The third-order valence-electron chi connectivity index (χ3n) is 4.00. The highest BCUT2D eigenvalue weighted by atomic mass is 16.5. The Morgan fingerprint density at radius 2 is 1.80 bits per heavy atom. The van der Waals surface area contributed by atoms with E-state index in [0.717, 1.165) is 43.3 Å². The van der Waals surface area contributed by atoms with E-state index in [-0.39, 0.29) is 5.91 Å². The zero-order chi connectivity index (χ0) is 17.5. The van der Waals surface area contributed by atoms with Crippen LogP contribution in [-0.4, -0.2) is 45.5 Å². The number of ether oxygens (including phenoxy) is 2. The minimum absolute atomic E-state index is 0.238. The summed E-state index contributed by atoms with van der Waals surface area (Å²) in [6, 6.07) is 14.9.